The van der Waals surface area contributed by atoms with E-state index in [1.54, 1.807) is 31.6 Å². The van der Waals surface area contributed by atoms with E-state index in [-0.39, 0.29) is 5.91 Å². The van der Waals surface area contributed by atoms with E-state index in [4.69, 9.17) is 4.74 Å². The minimum Gasteiger partial charge on any atom is -0.479 e. The smallest absolute Gasteiger partial charge is 0.258 e. The van der Waals surface area contributed by atoms with E-state index >= 15 is 0 Å². The van der Waals surface area contributed by atoms with E-state index in [1.807, 2.05) is 18.2 Å². The van der Waals surface area contributed by atoms with Gasteiger partial charge >= 0.3 is 0 Å². The van der Waals surface area contributed by atoms with Crippen molar-refractivity contribution in [3.05, 3.63) is 48.3 Å². The van der Waals surface area contributed by atoms with Crippen LogP contribution in [0.4, 0.5) is 17.5 Å². The molecule has 0 fully saturated rings. The maximum Gasteiger partial charge on any atom is 0.258 e. The van der Waals surface area contributed by atoms with E-state index in [1.165, 1.54) is 11.8 Å². The van der Waals surface area contributed by atoms with Gasteiger partial charge < -0.3 is 20.7 Å². The van der Waals surface area contributed by atoms with Crippen LogP contribution in [0.15, 0.2) is 42.7 Å². The topological polar surface area (TPSA) is 119 Å². The van der Waals surface area contributed by atoms with Crippen LogP contribution in [0.2, 0.25) is 0 Å². The summed E-state index contributed by atoms with van der Waals surface area (Å²) in [7, 11) is 3.21. The summed E-state index contributed by atoms with van der Waals surface area (Å²) in [5.74, 6) is 1.94. The zero-order chi connectivity index (χ0) is 19.1. The summed E-state index contributed by atoms with van der Waals surface area (Å²) in [5.41, 5.74) is 0.393. The predicted molar refractivity (Wildman–Crippen MR) is 100 cm³/mol. The second kappa shape index (κ2) is 8.61. The highest BCUT2D eigenvalue weighted by atomic mass is 16.5. The molecule has 0 bridgehead atoms. The average Bonchev–Trinajstić information content (AvgIpc) is 3.08. The monoisotopic (exact) mass is 368 g/mol. The van der Waals surface area contributed by atoms with Gasteiger partial charge in [-0.15, -0.1) is 15.3 Å². The lowest BCUT2D eigenvalue weighted by molar-refractivity contribution is 0.0952. The highest BCUT2D eigenvalue weighted by Crippen LogP contribution is 2.14. The Hall–Kier alpha value is -3.69. The van der Waals surface area contributed by atoms with Crippen molar-refractivity contribution in [2.75, 3.05) is 30.8 Å². The molecule has 3 N–H and O–H groups in total. The minimum atomic E-state index is -0.247. The fourth-order valence-corrected chi connectivity index (χ4v) is 2.30. The number of nitrogens with one attached hydrogen (secondary N) is 3. The summed E-state index contributed by atoms with van der Waals surface area (Å²) in [6.07, 6.45) is 3.31. The van der Waals surface area contributed by atoms with E-state index in [0.717, 1.165) is 0 Å². The number of carbonyl (C=O) groups is 1. The van der Waals surface area contributed by atoms with Crippen molar-refractivity contribution in [1.29, 1.82) is 0 Å². The first kappa shape index (κ1) is 18.1. The number of pyridine rings is 1. The third kappa shape index (κ3) is 4.91. The number of amides is 1. The molecular weight excluding hydrogens is 348 g/mol. The molecule has 0 saturated heterocycles. The second-order valence-corrected chi connectivity index (χ2v) is 5.55. The van der Waals surface area contributed by atoms with Crippen LogP contribution in [0.3, 0.4) is 0 Å². The van der Waals surface area contributed by atoms with Crippen molar-refractivity contribution in [3.8, 4) is 5.88 Å². The Balaban J connectivity index is 1.44. The van der Waals surface area contributed by atoms with Gasteiger partial charge in [-0.2, -0.15) is 0 Å². The molecule has 0 spiro atoms. The fourth-order valence-electron chi connectivity index (χ4n) is 2.30. The molecule has 3 heterocycles. The normalized spacial score (nSPS) is 10.3. The van der Waals surface area contributed by atoms with Crippen LogP contribution in [0.5, 0.6) is 5.88 Å². The Morgan fingerprint density at radius 2 is 1.93 bits per heavy atom. The largest absolute Gasteiger partial charge is 0.479 e. The highest BCUT2D eigenvalue weighted by molar-refractivity contribution is 5.96. The number of carbonyl (C=O) groups excluding carboxylic acids is 1. The molecule has 0 saturated carbocycles. The molecule has 10 nitrogen and oxygen atoms in total. The van der Waals surface area contributed by atoms with Crippen LogP contribution >= 0.6 is 0 Å². The van der Waals surface area contributed by atoms with Crippen LogP contribution in [-0.2, 0) is 7.05 Å². The Labute approximate surface area is 156 Å². The fraction of sp³-hybridized carbons (Fsp3) is 0.235. The maximum absolute atomic E-state index is 12.2. The second-order valence-electron chi connectivity index (χ2n) is 5.55. The number of methoxy groups -OCH3 is 1. The van der Waals surface area contributed by atoms with Gasteiger partial charge in [0.2, 0.25) is 5.88 Å². The summed E-state index contributed by atoms with van der Waals surface area (Å²) in [5, 5.41) is 21.2. The third-order valence-corrected chi connectivity index (χ3v) is 3.54. The van der Waals surface area contributed by atoms with Gasteiger partial charge in [-0.1, -0.05) is 6.07 Å². The van der Waals surface area contributed by atoms with Crippen LogP contribution in [0.1, 0.15) is 10.4 Å². The van der Waals surface area contributed by atoms with Gasteiger partial charge in [0.15, 0.2) is 5.82 Å². The van der Waals surface area contributed by atoms with Crippen molar-refractivity contribution in [3.63, 3.8) is 0 Å². The summed E-state index contributed by atoms with van der Waals surface area (Å²) >= 11 is 0. The number of rotatable bonds is 8. The van der Waals surface area contributed by atoms with E-state index in [9.17, 15) is 4.79 Å². The Morgan fingerprint density at radius 1 is 1.11 bits per heavy atom. The first-order valence-corrected chi connectivity index (χ1v) is 8.27. The standard InChI is InChI=1S/C17H20N8O2/c1-25-11-12(17(24-25)27-2)16(26)20-10-9-19-14-6-7-15(23-22-14)21-13-5-3-4-8-18-13/h3-8,11H,9-10H2,1-2H3,(H,19,22)(H,20,26)(H,18,21,23). The number of nitrogens with zero attached hydrogens (tertiary/aromatic N) is 5. The van der Waals surface area contributed by atoms with Crippen LogP contribution in [0, 0.1) is 0 Å². The summed E-state index contributed by atoms with van der Waals surface area (Å²) < 4.78 is 6.61. The molecule has 0 aliphatic carbocycles. The van der Waals surface area contributed by atoms with Crippen molar-refractivity contribution in [2.24, 2.45) is 7.05 Å². The summed E-state index contributed by atoms with van der Waals surface area (Å²) in [4.78, 5) is 16.3. The van der Waals surface area contributed by atoms with E-state index in [2.05, 4.69) is 36.2 Å². The zero-order valence-corrected chi connectivity index (χ0v) is 15.0. The number of anilines is 3. The van der Waals surface area contributed by atoms with E-state index in [0.29, 0.717) is 42.0 Å². The van der Waals surface area contributed by atoms with Crippen molar-refractivity contribution >= 4 is 23.4 Å². The predicted octanol–water partition coefficient (Wildman–Crippen LogP) is 1.20. The van der Waals surface area contributed by atoms with E-state index < -0.39 is 0 Å². The molecule has 27 heavy (non-hydrogen) atoms. The Kier molecular flexibility index (Phi) is 5.77. The number of ether oxygens (including phenoxy) is 1. The Morgan fingerprint density at radius 3 is 2.63 bits per heavy atom. The number of aryl methyl sites for hydroxylation is 1. The lowest BCUT2D eigenvalue weighted by Gasteiger charge is -2.08. The van der Waals surface area contributed by atoms with Gasteiger partial charge in [-0.3, -0.25) is 9.48 Å². The van der Waals surface area contributed by atoms with Crippen LogP contribution in [-0.4, -0.2) is 51.1 Å². The maximum atomic E-state index is 12.2. The van der Waals surface area contributed by atoms with Gasteiger partial charge in [0.05, 0.1) is 7.11 Å². The average molecular weight is 368 g/mol. The lowest BCUT2D eigenvalue weighted by atomic mass is 10.3. The quantitative estimate of drug-likeness (QED) is 0.508. The molecule has 1 amide bonds. The highest BCUT2D eigenvalue weighted by Gasteiger charge is 2.15. The van der Waals surface area contributed by atoms with Crippen LogP contribution in [0.25, 0.3) is 0 Å². The molecule has 10 heteroatoms. The van der Waals surface area contributed by atoms with Gasteiger partial charge in [-0.05, 0) is 24.3 Å². The van der Waals surface area contributed by atoms with Gasteiger partial charge in [0.25, 0.3) is 5.91 Å². The summed E-state index contributed by atoms with van der Waals surface area (Å²) in [6, 6.07) is 9.15. The van der Waals surface area contributed by atoms with Crippen LogP contribution < -0.4 is 20.7 Å². The number of hydrogen-bond acceptors (Lipinski definition) is 8. The molecule has 0 atom stereocenters. The summed E-state index contributed by atoms with van der Waals surface area (Å²) in [6.45, 7) is 0.905. The molecule has 140 valence electrons. The Bertz CT molecular complexity index is 880. The minimum absolute atomic E-state index is 0.247. The van der Waals surface area contributed by atoms with Crippen molar-refractivity contribution in [2.45, 2.75) is 0 Å². The van der Waals surface area contributed by atoms with Crippen molar-refractivity contribution < 1.29 is 9.53 Å². The third-order valence-electron chi connectivity index (χ3n) is 3.54. The molecule has 3 aromatic heterocycles. The molecule has 0 aliphatic heterocycles. The molecule has 3 rings (SSSR count). The van der Waals surface area contributed by atoms with Gasteiger partial charge in [0.1, 0.15) is 17.2 Å². The molecule has 3 aromatic rings. The van der Waals surface area contributed by atoms with Crippen molar-refractivity contribution in [1.82, 2.24) is 30.3 Å². The van der Waals surface area contributed by atoms with Gasteiger partial charge in [-0.25, -0.2) is 4.98 Å². The number of hydrogen-bond donors (Lipinski definition) is 3. The van der Waals surface area contributed by atoms with Gasteiger partial charge in [0, 0.05) is 32.5 Å². The number of aromatic nitrogens is 5. The SMILES string of the molecule is COc1nn(C)cc1C(=O)NCCNc1ccc(Nc2ccccn2)nn1. The molecule has 0 aliphatic rings. The first-order valence-electron chi connectivity index (χ1n) is 8.27. The lowest BCUT2D eigenvalue weighted by Crippen LogP contribution is -2.29. The first-order chi connectivity index (χ1) is 13.2. The zero-order valence-electron chi connectivity index (χ0n) is 15.0. The molecule has 0 radical (unpaired) electrons. The molecule has 0 aromatic carbocycles. The molecular formula is C17H20N8O2. The molecule has 0 unspecified atom stereocenters.